The van der Waals surface area contributed by atoms with Crippen LogP contribution in [0.2, 0.25) is 0 Å². The molecule has 3 aromatic rings. The van der Waals surface area contributed by atoms with Crippen molar-refractivity contribution in [3.63, 3.8) is 0 Å². The first-order chi connectivity index (χ1) is 18.4. The number of rotatable bonds is 12. The van der Waals surface area contributed by atoms with Crippen LogP contribution in [0.5, 0.6) is 0 Å². The van der Waals surface area contributed by atoms with E-state index in [9.17, 15) is 19.2 Å². The third-order valence-electron chi connectivity index (χ3n) is 5.63. The summed E-state index contributed by atoms with van der Waals surface area (Å²) in [6.07, 6.45) is 3.50. The number of nitrogens with one attached hydrogen (secondary N) is 2. The van der Waals surface area contributed by atoms with Gasteiger partial charge in [-0.1, -0.05) is 26.7 Å². The number of esters is 2. The second kappa shape index (κ2) is 14.3. The predicted octanol–water partition coefficient (Wildman–Crippen LogP) is 6.11. The highest BCUT2D eigenvalue weighted by atomic mass is 16.5. The summed E-state index contributed by atoms with van der Waals surface area (Å²) in [5.41, 5.74) is 2.62. The van der Waals surface area contributed by atoms with Crippen LogP contribution in [0, 0.1) is 0 Å². The Kier molecular flexibility index (Phi) is 10.6. The first kappa shape index (κ1) is 28.1. The van der Waals surface area contributed by atoms with Crippen LogP contribution in [0.3, 0.4) is 0 Å². The van der Waals surface area contributed by atoms with E-state index >= 15 is 0 Å². The van der Waals surface area contributed by atoms with E-state index in [2.05, 4.69) is 10.6 Å². The minimum atomic E-state index is -0.397. The number of benzene rings is 3. The lowest BCUT2D eigenvalue weighted by Crippen LogP contribution is -2.14. The number of unbranched alkanes of at least 4 members (excludes halogenated alkanes) is 2. The molecule has 0 radical (unpaired) electrons. The number of hydrogen-bond donors (Lipinski definition) is 2. The Balaban J connectivity index is 1.52. The minimum absolute atomic E-state index is 0.350. The van der Waals surface area contributed by atoms with Crippen LogP contribution in [-0.2, 0) is 9.47 Å². The highest BCUT2D eigenvalue weighted by molar-refractivity contribution is 6.07. The molecule has 3 rings (SSSR count). The SMILES string of the molecule is CCCCOC(=O)c1ccc(NC(=O)c2ccc(C(=O)Nc3ccc(C(=O)OCCCC)cc3)cc2)cc1. The molecule has 0 spiro atoms. The fraction of sp³-hybridized carbons (Fsp3) is 0.267. The van der Waals surface area contributed by atoms with Gasteiger partial charge in [-0.05, 0) is 85.6 Å². The van der Waals surface area contributed by atoms with Crippen molar-refractivity contribution < 1.29 is 28.7 Å². The Morgan fingerprint density at radius 1 is 0.526 bits per heavy atom. The molecule has 3 aromatic carbocycles. The normalized spacial score (nSPS) is 10.4. The van der Waals surface area contributed by atoms with Gasteiger partial charge in [0.05, 0.1) is 24.3 Å². The van der Waals surface area contributed by atoms with Gasteiger partial charge >= 0.3 is 11.9 Å². The average molecular weight is 517 g/mol. The van der Waals surface area contributed by atoms with E-state index in [4.69, 9.17) is 9.47 Å². The summed E-state index contributed by atoms with van der Waals surface area (Å²) in [6, 6.07) is 19.1. The van der Waals surface area contributed by atoms with E-state index in [1.54, 1.807) is 72.8 Å². The molecular weight excluding hydrogens is 484 g/mol. The van der Waals surface area contributed by atoms with E-state index < -0.39 is 11.9 Å². The molecule has 8 nitrogen and oxygen atoms in total. The maximum absolute atomic E-state index is 12.6. The molecule has 2 N–H and O–H groups in total. The molecule has 0 aliphatic carbocycles. The van der Waals surface area contributed by atoms with Crippen LogP contribution < -0.4 is 10.6 Å². The maximum Gasteiger partial charge on any atom is 0.338 e. The Morgan fingerprint density at radius 2 is 0.842 bits per heavy atom. The van der Waals surface area contributed by atoms with Crippen molar-refractivity contribution in [2.75, 3.05) is 23.8 Å². The number of ether oxygens (including phenoxy) is 2. The Hall–Kier alpha value is -4.46. The van der Waals surface area contributed by atoms with Gasteiger partial charge < -0.3 is 20.1 Å². The predicted molar refractivity (Wildman–Crippen MR) is 146 cm³/mol. The summed E-state index contributed by atoms with van der Waals surface area (Å²) in [5.74, 6) is -1.50. The second-order valence-corrected chi connectivity index (χ2v) is 8.62. The monoisotopic (exact) mass is 516 g/mol. The topological polar surface area (TPSA) is 111 Å². The van der Waals surface area contributed by atoms with Crippen molar-refractivity contribution in [3.05, 3.63) is 95.1 Å². The van der Waals surface area contributed by atoms with Crippen LogP contribution in [0.1, 0.15) is 81.0 Å². The first-order valence-electron chi connectivity index (χ1n) is 12.7. The van der Waals surface area contributed by atoms with Gasteiger partial charge in [0.25, 0.3) is 11.8 Å². The molecule has 198 valence electrons. The molecule has 2 amide bonds. The standard InChI is InChI=1S/C30H32N2O6/c1-3-5-19-37-29(35)23-11-15-25(16-12-23)31-27(33)21-7-9-22(10-8-21)28(34)32-26-17-13-24(14-18-26)30(36)38-20-6-4-2/h7-18H,3-6,19-20H2,1-2H3,(H,31,33)(H,32,34). The lowest BCUT2D eigenvalue weighted by atomic mass is 10.1. The number of carbonyl (C=O) groups is 4. The molecule has 0 bridgehead atoms. The van der Waals surface area contributed by atoms with Crippen molar-refractivity contribution >= 4 is 35.1 Å². The van der Waals surface area contributed by atoms with Crippen LogP contribution in [0.25, 0.3) is 0 Å². The molecule has 0 saturated carbocycles. The summed E-state index contributed by atoms with van der Waals surface area (Å²) < 4.78 is 10.4. The Morgan fingerprint density at radius 3 is 1.16 bits per heavy atom. The van der Waals surface area contributed by atoms with Gasteiger partial charge in [-0.3, -0.25) is 9.59 Å². The zero-order valence-corrected chi connectivity index (χ0v) is 21.6. The van der Waals surface area contributed by atoms with Crippen LogP contribution >= 0.6 is 0 Å². The average Bonchev–Trinajstić information content (AvgIpc) is 2.94. The third-order valence-corrected chi connectivity index (χ3v) is 5.63. The smallest absolute Gasteiger partial charge is 0.338 e. The fourth-order valence-electron chi connectivity index (χ4n) is 3.34. The van der Waals surface area contributed by atoms with Gasteiger partial charge in [0, 0.05) is 22.5 Å². The lowest BCUT2D eigenvalue weighted by molar-refractivity contribution is 0.0490. The van der Waals surface area contributed by atoms with Crippen LogP contribution in [0.4, 0.5) is 11.4 Å². The van der Waals surface area contributed by atoms with Crippen molar-refractivity contribution in [3.8, 4) is 0 Å². The first-order valence-corrected chi connectivity index (χ1v) is 12.7. The summed E-state index contributed by atoms with van der Waals surface area (Å²) in [6.45, 7) is 4.79. The molecule has 0 aliphatic heterocycles. The van der Waals surface area contributed by atoms with Gasteiger partial charge in [-0.15, -0.1) is 0 Å². The number of amides is 2. The molecule has 0 unspecified atom stereocenters. The number of anilines is 2. The van der Waals surface area contributed by atoms with Crippen LogP contribution in [-0.4, -0.2) is 37.0 Å². The van der Waals surface area contributed by atoms with Gasteiger partial charge in [0.2, 0.25) is 0 Å². The maximum atomic E-state index is 12.6. The fourth-order valence-corrected chi connectivity index (χ4v) is 3.34. The molecule has 38 heavy (non-hydrogen) atoms. The summed E-state index contributed by atoms with van der Waals surface area (Å²) in [4.78, 5) is 49.2. The lowest BCUT2D eigenvalue weighted by Gasteiger charge is -2.09. The van der Waals surface area contributed by atoms with Gasteiger partial charge in [0.15, 0.2) is 0 Å². The Labute approximate surface area is 222 Å². The van der Waals surface area contributed by atoms with Gasteiger partial charge in [-0.2, -0.15) is 0 Å². The van der Waals surface area contributed by atoms with E-state index in [-0.39, 0.29) is 11.8 Å². The molecule has 8 heteroatoms. The third kappa shape index (κ3) is 8.30. The van der Waals surface area contributed by atoms with Gasteiger partial charge in [-0.25, -0.2) is 9.59 Å². The van der Waals surface area contributed by atoms with E-state index in [1.807, 2.05) is 13.8 Å². The molecule has 0 aliphatic rings. The molecule has 0 fully saturated rings. The van der Waals surface area contributed by atoms with E-state index in [1.165, 1.54) is 0 Å². The number of carbonyl (C=O) groups excluding carboxylic acids is 4. The summed E-state index contributed by atoms with van der Waals surface area (Å²) >= 11 is 0. The molecule has 0 atom stereocenters. The van der Waals surface area contributed by atoms with Crippen molar-refractivity contribution in [2.24, 2.45) is 0 Å². The highest BCUT2D eigenvalue weighted by Gasteiger charge is 2.12. The molecule has 0 saturated heterocycles. The molecule has 0 aromatic heterocycles. The highest BCUT2D eigenvalue weighted by Crippen LogP contribution is 2.15. The van der Waals surface area contributed by atoms with Crippen LogP contribution in [0.15, 0.2) is 72.8 Å². The minimum Gasteiger partial charge on any atom is -0.462 e. The second-order valence-electron chi connectivity index (χ2n) is 8.62. The van der Waals surface area contributed by atoms with Crippen molar-refractivity contribution in [2.45, 2.75) is 39.5 Å². The molecular formula is C30H32N2O6. The largest absolute Gasteiger partial charge is 0.462 e. The van der Waals surface area contributed by atoms with Gasteiger partial charge in [0.1, 0.15) is 0 Å². The zero-order valence-electron chi connectivity index (χ0n) is 21.6. The number of hydrogen-bond acceptors (Lipinski definition) is 6. The quantitative estimate of drug-likeness (QED) is 0.222. The van der Waals surface area contributed by atoms with Crippen molar-refractivity contribution in [1.29, 1.82) is 0 Å². The van der Waals surface area contributed by atoms with E-state index in [0.717, 1.165) is 25.7 Å². The van der Waals surface area contributed by atoms with E-state index in [0.29, 0.717) is 46.8 Å². The van der Waals surface area contributed by atoms with Crippen molar-refractivity contribution in [1.82, 2.24) is 0 Å². The summed E-state index contributed by atoms with van der Waals surface area (Å²) in [5, 5.41) is 5.53. The zero-order chi connectivity index (χ0) is 27.3. The summed E-state index contributed by atoms with van der Waals surface area (Å²) in [7, 11) is 0. The molecule has 0 heterocycles. The Bertz CT molecular complexity index is 1140.